The van der Waals surface area contributed by atoms with Gasteiger partial charge in [-0.25, -0.2) is 0 Å². The summed E-state index contributed by atoms with van der Waals surface area (Å²) in [5, 5.41) is 8.46. The van der Waals surface area contributed by atoms with Crippen molar-refractivity contribution < 1.29 is 4.79 Å². The summed E-state index contributed by atoms with van der Waals surface area (Å²) < 4.78 is 0. The second-order valence-electron chi connectivity index (χ2n) is 7.46. The maximum absolute atomic E-state index is 12.4. The van der Waals surface area contributed by atoms with Crippen molar-refractivity contribution in [2.24, 2.45) is 0 Å². The van der Waals surface area contributed by atoms with E-state index < -0.39 is 0 Å². The van der Waals surface area contributed by atoms with Gasteiger partial charge in [-0.2, -0.15) is 5.10 Å². The van der Waals surface area contributed by atoms with Crippen LogP contribution in [0.5, 0.6) is 0 Å². The summed E-state index contributed by atoms with van der Waals surface area (Å²) in [6, 6.07) is 10.4. The molecule has 1 aliphatic rings. The number of likely N-dealkylation sites (tertiary alicyclic amines) is 1. The van der Waals surface area contributed by atoms with E-state index in [4.69, 9.17) is 0 Å². The minimum absolute atomic E-state index is 0.0102. The molecule has 0 bridgehead atoms. The van der Waals surface area contributed by atoms with E-state index >= 15 is 0 Å². The molecule has 1 amide bonds. The summed E-state index contributed by atoms with van der Waals surface area (Å²) in [6.45, 7) is 2.88. The third kappa shape index (κ3) is 3.57. The number of nitrogens with one attached hydrogen (secondary N) is 1. The summed E-state index contributed by atoms with van der Waals surface area (Å²) in [5.74, 6) is 0.309. The first-order chi connectivity index (χ1) is 13.1. The fourth-order valence-corrected chi connectivity index (χ4v) is 3.99. The van der Waals surface area contributed by atoms with E-state index in [1.54, 1.807) is 25.2 Å². The van der Waals surface area contributed by atoms with Gasteiger partial charge in [0, 0.05) is 44.7 Å². The molecule has 6 nitrogen and oxygen atoms in total. The van der Waals surface area contributed by atoms with Gasteiger partial charge in [0.15, 0.2) is 0 Å². The monoisotopic (exact) mass is 363 g/mol. The molecule has 6 heteroatoms. The first kappa shape index (κ1) is 17.7. The van der Waals surface area contributed by atoms with Gasteiger partial charge in [-0.3, -0.25) is 19.8 Å². The number of pyridine rings is 1. The number of carbonyl (C=O) groups is 1. The molecule has 1 fully saturated rings. The molecule has 0 aliphatic carbocycles. The first-order valence-electron chi connectivity index (χ1n) is 9.43. The molecule has 27 heavy (non-hydrogen) atoms. The normalized spacial score (nSPS) is 17.9. The zero-order valence-corrected chi connectivity index (χ0v) is 15.9. The van der Waals surface area contributed by atoms with E-state index in [9.17, 15) is 4.79 Å². The van der Waals surface area contributed by atoms with Crippen molar-refractivity contribution in [3.63, 3.8) is 0 Å². The Hall–Kier alpha value is -2.73. The smallest absolute Gasteiger partial charge is 0.256 e. The van der Waals surface area contributed by atoms with Gasteiger partial charge < -0.3 is 4.90 Å². The van der Waals surface area contributed by atoms with Crippen LogP contribution in [0.3, 0.4) is 0 Å². The Bertz CT molecular complexity index is 943. The van der Waals surface area contributed by atoms with Crippen LogP contribution in [0.15, 0.2) is 42.7 Å². The SMILES string of the molecule is CN(C)C(=O)c1cn[nH]c1[C@H]1CCCN(Cc2ccnc3ccccc23)C1. The molecule has 3 aromatic rings. The summed E-state index contributed by atoms with van der Waals surface area (Å²) in [6.07, 6.45) is 5.74. The number of aromatic nitrogens is 3. The third-order valence-corrected chi connectivity index (χ3v) is 5.35. The van der Waals surface area contributed by atoms with Gasteiger partial charge in [0.1, 0.15) is 0 Å². The zero-order valence-electron chi connectivity index (χ0n) is 15.9. The highest BCUT2D eigenvalue weighted by molar-refractivity contribution is 5.94. The van der Waals surface area contributed by atoms with Crippen LogP contribution in [0, 0.1) is 0 Å². The number of fused-ring (bicyclic) bond motifs is 1. The van der Waals surface area contributed by atoms with E-state index in [1.165, 1.54) is 10.9 Å². The van der Waals surface area contributed by atoms with Crippen molar-refractivity contribution in [1.29, 1.82) is 0 Å². The summed E-state index contributed by atoms with van der Waals surface area (Å²) >= 11 is 0. The molecule has 0 unspecified atom stereocenters. The van der Waals surface area contributed by atoms with Gasteiger partial charge in [0.2, 0.25) is 0 Å². The number of aromatic amines is 1. The lowest BCUT2D eigenvalue weighted by Gasteiger charge is -2.33. The molecule has 4 rings (SSSR count). The molecule has 0 saturated carbocycles. The van der Waals surface area contributed by atoms with E-state index in [-0.39, 0.29) is 5.91 Å². The molecule has 0 radical (unpaired) electrons. The highest BCUT2D eigenvalue weighted by Crippen LogP contribution is 2.29. The number of benzene rings is 1. The molecule has 2 aromatic heterocycles. The van der Waals surface area contributed by atoms with Gasteiger partial charge in [-0.15, -0.1) is 0 Å². The second-order valence-corrected chi connectivity index (χ2v) is 7.46. The van der Waals surface area contributed by atoms with Crippen LogP contribution < -0.4 is 0 Å². The van der Waals surface area contributed by atoms with Crippen molar-refractivity contribution >= 4 is 16.8 Å². The fourth-order valence-electron chi connectivity index (χ4n) is 3.99. The largest absolute Gasteiger partial charge is 0.345 e. The lowest BCUT2D eigenvalue weighted by atomic mass is 9.92. The summed E-state index contributed by atoms with van der Waals surface area (Å²) in [4.78, 5) is 21.0. The standard InChI is InChI=1S/C21H25N5O/c1-25(2)21(27)18-12-23-24-20(18)16-6-5-11-26(14-16)13-15-9-10-22-19-8-4-3-7-17(15)19/h3-4,7-10,12,16H,5-6,11,13-14H2,1-2H3,(H,23,24)/t16-/m0/s1. The van der Waals surface area contributed by atoms with Gasteiger partial charge in [0.05, 0.1) is 23.0 Å². The number of rotatable bonds is 4. The predicted molar refractivity (Wildman–Crippen MR) is 106 cm³/mol. The Morgan fingerprint density at radius 3 is 3.00 bits per heavy atom. The molecule has 1 saturated heterocycles. The molecule has 140 valence electrons. The van der Waals surface area contributed by atoms with E-state index in [1.807, 2.05) is 12.3 Å². The summed E-state index contributed by atoms with van der Waals surface area (Å²) in [5.41, 5.74) is 4.01. The number of para-hydroxylation sites is 1. The van der Waals surface area contributed by atoms with Crippen molar-refractivity contribution in [3.05, 3.63) is 59.5 Å². The van der Waals surface area contributed by atoms with Crippen LogP contribution >= 0.6 is 0 Å². The zero-order chi connectivity index (χ0) is 18.8. The van der Waals surface area contributed by atoms with E-state index in [0.717, 1.165) is 43.7 Å². The van der Waals surface area contributed by atoms with Crippen LogP contribution in [0.4, 0.5) is 0 Å². The van der Waals surface area contributed by atoms with Crippen LogP contribution in [-0.2, 0) is 6.54 Å². The number of H-pyrrole nitrogens is 1. The van der Waals surface area contributed by atoms with Crippen molar-refractivity contribution in [2.75, 3.05) is 27.2 Å². The Labute approximate surface area is 159 Å². The predicted octanol–water partition coefficient (Wildman–Crippen LogP) is 3.04. The Morgan fingerprint density at radius 2 is 2.15 bits per heavy atom. The third-order valence-electron chi connectivity index (χ3n) is 5.35. The summed E-state index contributed by atoms with van der Waals surface area (Å²) in [7, 11) is 3.56. The highest BCUT2D eigenvalue weighted by atomic mass is 16.2. The van der Waals surface area contributed by atoms with Crippen molar-refractivity contribution in [3.8, 4) is 0 Å². The van der Waals surface area contributed by atoms with Gasteiger partial charge >= 0.3 is 0 Å². The van der Waals surface area contributed by atoms with E-state index in [0.29, 0.717) is 11.5 Å². The Morgan fingerprint density at radius 1 is 1.30 bits per heavy atom. The van der Waals surface area contributed by atoms with Crippen LogP contribution in [-0.4, -0.2) is 58.1 Å². The lowest BCUT2D eigenvalue weighted by Crippen LogP contribution is -2.35. The van der Waals surface area contributed by atoms with Crippen LogP contribution in [0.1, 0.15) is 40.4 Å². The van der Waals surface area contributed by atoms with Crippen molar-refractivity contribution in [2.45, 2.75) is 25.3 Å². The number of carbonyl (C=O) groups excluding carboxylic acids is 1. The topological polar surface area (TPSA) is 65.1 Å². The average molecular weight is 363 g/mol. The van der Waals surface area contributed by atoms with Gasteiger partial charge in [-0.05, 0) is 37.1 Å². The molecular formula is C21H25N5O. The number of piperidine rings is 1. The maximum Gasteiger partial charge on any atom is 0.256 e. The molecule has 3 heterocycles. The molecular weight excluding hydrogens is 338 g/mol. The molecule has 0 spiro atoms. The molecule has 1 atom stereocenters. The molecule has 1 aromatic carbocycles. The van der Waals surface area contributed by atoms with E-state index in [2.05, 4.69) is 44.3 Å². The maximum atomic E-state index is 12.4. The fraction of sp³-hybridized carbons (Fsp3) is 0.381. The van der Waals surface area contributed by atoms with Gasteiger partial charge in [0.25, 0.3) is 5.91 Å². The minimum Gasteiger partial charge on any atom is -0.345 e. The number of amides is 1. The highest BCUT2D eigenvalue weighted by Gasteiger charge is 2.27. The molecule has 1 aliphatic heterocycles. The van der Waals surface area contributed by atoms with Crippen LogP contribution in [0.2, 0.25) is 0 Å². The quantitative estimate of drug-likeness (QED) is 0.774. The van der Waals surface area contributed by atoms with Crippen molar-refractivity contribution in [1.82, 2.24) is 25.0 Å². The minimum atomic E-state index is 0.0102. The number of hydrogen-bond donors (Lipinski definition) is 1. The van der Waals surface area contributed by atoms with Gasteiger partial charge in [-0.1, -0.05) is 18.2 Å². The first-order valence-corrected chi connectivity index (χ1v) is 9.43. The number of nitrogens with zero attached hydrogens (tertiary/aromatic N) is 4. The lowest BCUT2D eigenvalue weighted by molar-refractivity contribution is 0.0825. The average Bonchev–Trinajstić information content (AvgIpc) is 3.17. The number of hydrogen-bond acceptors (Lipinski definition) is 4. The molecule has 1 N–H and O–H groups in total. The Balaban J connectivity index is 1.54. The Kier molecular flexibility index (Phi) is 4.90. The second kappa shape index (κ2) is 7.48. The van der Waals surface area contributed by atoms with Crippen LogP contribution in [0.25, 0.3) is 10.9 Å².